The van der Waals surface area contributed by atoms with Crippen molar-refractivity contribution in [3.8, 4) is 0 Å². The molecule has 1 N–H and O–H groups in total. The minimum Gasteiger partial charge on any atom is -0.328 e. The molecular formula is C22H26FN5O. The highest BCUT2D eigenvalue weighted by molar-refractivity contribution is 5.75. The minimum atomic E-state index is -0.254. The summed E-state index contributed by atoms with van der Waals surface area (Å²) in [5, 5.41) is 11.7. The van der Waals surface area contributed by atoms with Gasteiger partial charge in [-0.1, -0.05) is 32.0 Å². The third-order valence-electron chi connectivity index (χ3n) is 5.34. The SMILES string of the molecule is CC(C)C(NC(=O)N(CCc1cccc(F)c1)C1CC1)c1nnc2ccccn12. The van der Waals surface area contributed by atoms with Gasteiger partial charge in [0.1, 0.15) is 5.82 Å². The van der Waals surface area contributed by atoms with Gasteiger partial charge in [-0.25, -0.2) is 9.18 Å². The van der Waals surface area contributed by atoms with E-state index in [-0.39, 0.29) is 29.8 Å². The summed E-state index contributed by atoms with van der Waals surface area (Å²) in [6.45, 7) is 4.68. The monoisotopic (exact) mass is 395 g/mol. The summed E-state index contributed by atoms with van der Waals surface area (Å²) in [4.78, 5) is 15.0. The number of nitrogens with zero attached hydrogens (tertiary/aromatic N) is 4. The van der Waals surface area contributed by atoms with Crippen molar-refractivity contribution in [2.45, 2.75) is 45.2 Å². The normalized spacial score (nSPS) is 14.9. The number of aromatic nitrogens is 3. The standard InChI is InChI=1S/C22H26FN5O/c1-15(2)20(21-26-25-19-8-3-4-12-28(19)21)24-22(29)27(18-9-10-18)13-11-16-6-5-7-17(23)14-16/h3-8,12,14-15,18,20H,9-11,13H2,1-2H3,(H,24,29). The lowest BCUT2D eigenvalue weighted by Gasteiger charge is -2.27. The van der Waals surface area contributed by atoms with Gasteiger partial charge in [0.25, 0.3) is 0 Å². The van der Waals surface area contributed by atoms with Gasteiger partial charge in [0.2, 0.25) is 0 Å². The Kier molecular flexibility index (Phi) is 5.47. The lowest BCUT2D eigenvalue weighted by Crippen LogP contribution is -2.45. The third kappa shape index (κ3) is 4.39. The average molecular weight is 395 g/mol. The Hall–Kier alpha value is -2.96. The largest absolute Gasteiger partial charge is 0.328 e. The van der Waals surface area contributed by atoms with Crippen LogP contribution >= 0.6 is 0 Å². The lowest BCUT2D eigenvalue weighted by molar-refractivity contribution is 0.186. The Morgan fingerprint density at radius 2 is 2.07 bits per heavy atom. The van der Waals surface area contributed by atoms with E-state index in [1.807, 2.05) is 39.8 Å². The first-order chi connectivity index (χ1) is 14.0. The Labute approximate surface area is 169 Å². The topological polar surface area (TPSA) is 62.5 Å². The fourth-order valence-electron chi connectivity index (χ4n) is 3.60. The van der Waals surface area contributed by atoms with Gasteiger partial charge in [-0.3, -0.25) is 4.40 Å². The van der Waals surface area contributed by atoms with Gasteiger partial charge >= 0.3 is 6.03 Å². The van der Waals surface area contributed by atoms with Crippen LogP contribution in [0.15, 0.2) is 48.7 Å². The van der Waals surface area contributed by atoms with E-state index in [4.69, 9.17) is 0 Å². The Morgan fingerprint density at radius 3 is 2.79 bits per heavy atom. The maximum Gasteiger partial charge on any atom is 0.318 e. The number of benzene rings is 1. The van der Waals surface area contributed by atoms with Gasteiger partial charge in [-0.15, -0.1) is 10.2 Å². The second-order valence-electron chi connectivity index (χ2n) is 7.96. The van der Waals surface area contributed by atoms with Crippen LogP contribution < -0.4 is 5.32 Å². The molecule has 1 atom stereocenters. The molecule has 6 nitrogen and oxygen atoms in total. The molecule has 4 rings (SSSR count). The predicted molar refractivity (Wildman–Crippen MR) is 109 cm³/mol. The number of amides is 2. The fourth-order valence-corrected chi connectivity index (χ4v) is 3.60. The molecule has 1 saturated carbocycles. The summed E-state index contributed by atoms with van der Waals surface area (Å²) in [5.41, 5.74) is 1.65. The zero-order chi connectivity index (χ0) is 20.4. The fraction of sp³-hybridized carbons (Fsp3) is 0.409. The molecular weight excluding hydrogens is 369 g/mol. The number of halogens is 1. The first-order valence-corrected chi connectivity index (χ1v) is 10.1. The van der Waals surface area contributed by atoms with Crippen molar-refractivity contribution in [2.75, 3.05) is 6.54 Å². The molecule has 2 amide bonds. The molecule has 2 heterocycles. The van der Waals surface area contributed by atoms with Crippen LogP contribution in [-0.2, 0) is 6.42 Å². The third-order valence-corrected chi connectivity index (χ3v) is 5.34. The second-order valence-corrected chi connectivity index (χ2v) is 7.96. The van der Waals surface area contributed by atoms with E-state index >= 15 is 0 Å². The molecule has 1 aromatic carbocycles. The summed E-state index contributed by atoms with van der Waals surface area (Å²) in [6, 6.07) is 12.2. The van der Waals surface area contributed by atoms with E-state index in [2.05, 4.69) is 29.4 Å². The van der Waals surface area contributed by atoms with Crippen molar-refractivity contribution in [2.24, 2.45) is 5.92 Å². The van der Waals surface area contributed by atoms with Crippen LogP contribution in [0.2, 0.25) is 0 Å². The first kappa shape index (κ1) is 19.4. The van der Waals surface area contributed by atoms with Crippen LogP contribution in [0.3, 0.4) is 0 Å². The summed E-state index contributed by atoms with van der Waals surface area (Å²) in [7, 11) is 0. The van der Waals surface area contributed by atoms with Crippen molar-refractivity contribution in [1.29, 1.82) is 0 Å². The number of carbonyl (C=O) groups excluding carboxylic acids is 1. The summed E-state index contributed by atoms with van der Waals surface area (Å²) >= 11 is 0. The van der Waals surface area contributed by atoms with Crippen molar-refractivity contribution in [3.05, 3.63) is 65.9 Å². The number of hydrogen-bond donors (Lipinski definition) is 1. The van der Waals surface area contributed by atoms with Crippen molar-refractivity contribution < 1.29 is 9.18 Å². The molecule has 0 aliphatic heterocycles. The highest BCUT2D eigenvalue weighted by Gasteiger charge is 2.34. The highest BCUT2D eigenvalue weighted by atomic mass is 19.1. The number of rotatable bonds is 7. The molecule has 7 heteroatoms. The van der Waals surface area contributed by atoms with E-state index in [9.17, 15) is 9.18 Å². The van der Waals surface area contributed by atoms with Crippen LogP contribution in [0.1, 0.15) is 44.1 Å². The molecule has 0 spiro atoms. The molecule has 29 heavy (non-hydrogen) atoms. The summed E-state index contributed by atoms with van der Waals surface area (Å²) < 4.78 is 15.4. The molecule has 2 aromatic heterocycles. The maximum atomic E-state index is 13.5. The smallest absolute Gasteiger partial charge is 0.318 e. The Balaban J connectivity index is 1.49. The van der Waals surface area contributed by atoms with Crippen molar-refractivity contribution in [3.63, 3.8) is 0 Å². The second kappa shape index (κ2) is 8.19. The van der Waals surface area contributed by atoms with E-state index in [0.717, 1.165) is 29.9 Å². The van der Waals surface area contributed by atoms with Crippen LogP contribution in [-0.4, -0.2) is 38.1 Å². The first-order valence-electron chi connectivity index (χ1n) is 10.1. The molecule has 3 aromatic rings. The van der Waals surface area contributed by atoms with Crippen molar-refractivity contribution >= 4 is 11.7 Å². The molecule has 152 valence electrons. The van der Waals surface area contributed by atoms with Gasteiger partial charge in [0.15, 0.2) is 11.5 Å². The predicted octanol–water partition coefficient (Wildman–Crippen LogP) is 3.98. The molecule has 1 aliphatic rings. The number of nitrogens with one attached hydrogen (secondary N) is 1. The zero-order valence-corrected chi connectivity index (χ0v) is 16.8. The lowest BCUT2D eigenvalue weighted by atomic mass is 10.0. The van der Waals surface area contributed by atoms with Gasteiger partial charge in [-0.2, -0.15) is 0 Å². The van der Waals surface area contributed by atoms with E-state index in [1.165, 1.54) is 12.1 Å². The number of pyridine rings is 1. The quantitative estimate of drug-likeness (QED) is 0.658. The van der Waals surface area contributed by atoms with Crippen LogP contribution in [0, 0.1) is 11.7 Å². The number of carbonyl (C=O) groups is 1. The molecule has 0 bridgehead atoms. The van der Waals surface area contributed by atoms with Gasteiger partial charge < -0.3 is 10.2 Å². The van der Waals surface area contributed by atoms with Gasteiger partial charge in [-0.05, 0) is 55.0 Å². The van der Waals surface area contributed by atoms with E-state index in [0.29, 0.717) is 13.0 Å². The molecule has 0 saturated heterocycles. The van der Waals surface area contributed by atoms with Gasteiger partial charge in [0, 0.05) is 18.8 Å². The summed E-state index contributed by atoms with van der Waals surface area (Å²) in [5.74, 6) is 0.629. The molecule has 1 aliphatic carbocycles. The van der Waals surface area contributed by atoms with E-state index < -0.39 is 0 Å². The van der Waals surface area contributed by atoms with Gasteiger partial charge in [0.05, 0.1) is 6.04 Å². The highest BCUT2D eigenvalue weighted by Crippen LogP contribution is 2.28. The molecule has 0 radical (unpaired) electrons. The number of urea groups is 1. The Bertz CT molecular complexity index is 998. The average Bonchev–Trinajstić information content (AvgIpc) is 3.45. The van der Waals surface area contributed by atoms with Crippen molar-refractivity contribution in [1.82, 2.24) is 24.8 Å². The molecule has 1 fully saturated rings. The Morgan fingerprint density at radius 1 is 1.24 bits per heavy atom. The number of hydrogen-bond acceptors (Lipinski definition) is 3. The minimum absolute atomic E-state index is 0.102. The summed E-state index contributed by atoms with van der Waals surface area (Å²) in [6.07, 6.45) is 4.56. The maximum absolute atomic E-state index is 13.5. The van der Waals surface area contributed by atoms with E-state index in [1.54, 1.807) is 6.07 Å². The van der Waals surface area contributed by atoms with Crippen LogP contribution in [0.4, 0.5) is 9.18 Å². The number of fused-ring (bicyclic) bond motifs is 1. The van der Waals surface area contributed by atoms with Crippen LogP contribution in [0.5, 0.6) is 0 Å². The zero-order valence-electron chi connectivity index (χ0n) is 16.8. The van der Waals surface area contributed by atoms with Crippen LogP contribution in [0.25, 0.3) is 5.65 Å². The molecule has 1 unspecified atom stereocenters.